The molecule has 0 aliphatic carbocycles. The predicted molar refractivity (Wildman–Crippen MR) is 57.8 cm³/mol. The third kappa shape index (κ3) is 1.90. The van der Waals surface area contributed by atoms with Gasteiger partial charge in [-0.1, -0.05) is 0 Å². The fourth-order valence-electron chi connectivity index (χ4n) is 0.985. The first-order valence-electron chi connectivity index (χ1n) is 3.93. The molecular weight excluding hydrogens is 295 g/mol. The van der Waals surface area contributed by atoms with Crippen LogP contribution in [0.15, 0.2) is 24.5 Å². The van der Waals surface area contributed by atoms with Gasteiger partial charge >= 0.3 is 0 Å². The van der Waals surface area contributed by atoms with E-state index in [0.29, 0.717) is 11.5 Å². The lowest BCUT2D eigenvalue weighted by Gasteiger charge is -1.98. The summed E-state index contributed by atoms with van der Waals surface area (Å²) in [6.45, 7) is -0.0933. The summed E-state index contributed by atoms with van der Waals surface area (Å²) in [4.78, 5) is 0. The number of aliphatic hydroxyl groups is 1. The molecule has 0 saturated heterocycles. The lowest BCUT2D eigenvalue weighted by Crippen LogP contribution is -2.01. The van der Waals surface area contributed by atoms with Crippen molar-refractivity contribution >= 4 is 22.6 Å². The second-order valence-corrected chi connectivity index (χ2v) is 3.89. The third-order valence-electron chi connectivity index (χ3n) is 1.65. The molecule has 0 aliphatic rings. The number of hydrogen-bond acceptors (Lipinski definition) is 4. The van der Waals surface area contributed by atoms with E-state index in [-0.39, 0.29) is 6.61 Å². The topological polar surface area (TPSA) is 63.8 Å². The van der Waals surface area contributed by atoms with Gasteiger partial charge in [0.25, 0.3) is 0 Å². The summed E-state index contributed by atoms with van der Waals surface area (Å²) >= 11 is 2.17. The zero-order chi connectivity index (χ0) is 9.97. The van der Waals surface area contributed by atoms with Gasteiger partial charge in [0, 0.05) is 6.20 Å². The molecule has 2 rings (SSSR count). The summed E-state index contributed by atoms with van der Waals surface area (Å²) < 4.78 is 2.67. The van der Waals surface area contributed by atoms with E-state index in [4.69, 9.17) is 5.11 Å². The Bertz CT molecular complexity index is 425. The number of halogens is 1. The van der Waals surface area contributed by atoms with Crippen molar-refractivity contribution in [3.63, 3.8) is 0 Å². The standard InChI is InChI=1S/C8H7IN4O/c9-6-3-10-13(4-6)8-2-1-7(5-14)11-12-8/h1-4,14H,5H2. The van der Waals surface area contributed by atoms with E-state index in [0.717, 1.165) is 3.57 Å². The Morgan fingerprint density at radius 2 is 2.21 bits per heavy atom. The van der Waals surface area contributed by atoms with Crippen molar-refractivity contribution in [3.05, 3.63) is 33.8 Å². The molecule has 2 aromatic rings. The molecule has 5 nitrogen and oxygen atoms in total. The molecule has 0 saturated carbocycles. The quantitative estimate of drug-likeness (QED) is 0.832. The van der Waals surface area contributed by atoms with E-state index in [1.807, 2.05) is 6.20 Å². The second kappa shape index (κ2) is 4.01. The molecule has 1 N–H and O–H groups in total. The van der Waals surface area contributed by atoms with E-state index in [9.17, 15) is 0 Å². The van der Waals surface area contributed by atoms with Crippen molar-refractivity contribution in [2.45, 2.75) is 6.61 Å². The van der Waals surface area contributed by atoms with Crippen LogP contribution >= 0.6 is 22.6 Å². The minimum absolute atomic E-state index is 0.0933. The summed E-state index contributed by atoms with van der Waals surface area (Å²) in [5, 5.41) is 20.6. The maximum atomic E-state index is 8.78. The van der Waals surface area contributed by atoms with Gasteiger partial charge in [0.15, 0.2) is 5.82 Å². The van der Waals surface area contributed by atoms with Gasteiger partial charge in [-0.15, -0.1) is 5.10 Å². The van der Waals surface area contributed by atoms with Crippen LogP contribution in [0.25, 0.3) is 5.82 Å². The van der Waals surface area contributed by atoms with Crippen molar-refractivity contribution in [1.82, 2.24) is 20.0 Å². The number of rotatable bonds is 2. The van der Waals surface area contributed by atoms with Crippen LogP contribution < -0.4 is 0 Å². The molecule has 0 amide bonds. The smallest absolute Gasteiger partial charge is 0.175 e. The lowest BCUT2D eigenvalue weighted by atomic mass is 10.4. The SMILES string of the molecule is OCc1ccc(-n2cc(I)cn2)nn1. The van der Waals surface area contributed by atoms with E-state index >= 15 is 0 Å². The Hall–Kier alpha value is -1.02. The van der Waals surface area contributed by atoms with Crippen molar-refractivity contribution in [1.29, 1.82) is 0 Å². The highest BCUT2D eigenvalue weighted by molar-refractivity contribution is 14.1. The molecule has 0 aliphatic heterocycles. The highest BCUT2D eigenvalue weighted by Crippen LogP contribution is 2.06. The molecular formula is C8H7IN4O. The molecule has 0 radical (unpaired) electrons. The van der Waals surface area contributed by atoms with Gasteiger partial charge in [0.05, 0.1) is 22.1 Å². The Balaban J connectivity index is 2.33. The van der Waals surface area contributed by atoms with Crippen LogP contribution in [-0.2, 0) is 6.61 Å². The van der Waals surface area contributed by atoms with Crippen LogP contribution in [0.4, 0.5) is 0 Å². The Morgan fingerprint density at radius 3 is 2.71 bits per heavy atom. The number of nitrogens with zero attached hydrogens (tertiary/aromatic N) is 4. The van der Waals surface area contributed by atoms with Gasteiger partial charge in [-0.3, -0.25) is 0 Å². The highest BCUT2D eigenvalue weighted by atomic mass is 127. The van der Waals surface area contributed by atoms with E-state index in [1.165, 1.54) is 0 Å². The van der Waals surface area contributed by atoms with Gasteiger partial charge in [-0.05, 0) is 34.7 Å². The Morgan fingerprint density at radius 1 is 1.36 bits per heavy atom. The zero-order valence-electron chi connectivity index (χ0n) is 7.13. The Labute approximate surface area is 93.9 Å². The molecule has 2 heterocycles. The normalized spacial score (nSPS) is 10.4. The first kappa shape index (κ1) is 9.53. The van der Waals surface area contributed by atoms with Crippen molar-refractivity contribution in [2.75, 3.05) is 0 Å². The van der Waals surface area contributed by atoms with Crippen LogP contribution in [0.1, 0.15) is 5.69 Å². The maximum Gasteiger partial charge on any atom is 0.175 e. The van der Waals surface area contributed by atoms with Crippen molar-refractivity contribution in [3.8, 4) is 5.82 Å². The minimum Gasteiger partial charge on any atom is -0.390 e. The zero-order valence-corrected chi connectivity index (χ0v) is 9.29. The molecule has 14 heavy (non-hydrogen) atoms. The highest BCUT2D eigenvalue weighted by Gasteiger charge is 2.00. The minimum atomic E-state index is -0.0933. The van der Waals surface area contributed by atoms with Crippen molar-refractivity contribution < 1.29 is 5.11 Å². The molecule has 2 aromatic heterocycles. The predicted octanol–water partition coefficient (Wildman–Crippen LogP) is 0.759. The first-order valence-corrected chi connectivity index (χ1v) is 5.01. The van der Waals surface area contributed by atoms with Gasteiger partial charge in [-0.25, -0.2) is 4.68 Å². The average Bonchev–Trinajstić information content (AvgIpc) is 2.65. The van der Waals surface area contributed by atoms with E-state index in [1.54, 1.807) is 23.0 Å². The van der Waals surface area contributed by atoms with Crippen LogP contribution in [0, 0.1) is 3.57 Å². The van der Waals surface area contributed by atoms with Gasteiger partial charge in [0.1, 0.15) is 0 Å². The summed E-state index contributed by atoms with van der Waals surface area (Å²) in [6, 6.07) is 3.48. The number of hydrogen-bond donors (Lipinski definition) is 1. The molecule has 0 aromatic carbocycles. The Kier molecular flexibility index (Phi) is 2.73. The molecule has 0 bridgehead atoms. The molecule has 0 unspecified atom stereocenters. The fraction of sp³-hybridized carbons (Fsp3) is 0.125. The first-order chi connectivity index (χ1) is 6.79. The summed E-state index contributed by atoms with van der Waals surface area (Å²) in [5.41, 5.74) is 0.551. The van der Waals surface area contributed by atoms with Gasteiger partial charge in [0.2, 0.25) is 0 Å². The molecule has 72 valence electrons. The van der Waals surface area contributed by atoms with Crippen molar-refractivity contribution in [2.24, 2.45) is 0 Å². The largest absolute Gasteiger partial charge is 0.390 e. The van der Waals surface area contributed by atoms with Crippen LogP contribution in [0.2, 0.25) is 0 Å². The van der Waals surface area contributed by atoms with Crippen LogP contribution in [0.5, 0.6) is 0 Å². The summed E-state index contributed by atoms with van der Waals surface area (Å²) in [7, 11) is 0. The summed E-state index contributed by atoms with van der Waals surface area (Å²) in [5.74, 6) is 0.644. The van der Waals surface area contributed by atoms with Crippen LogP contribution in [-0.4, -0.2) is 25.1 Å². The monoisotopic (exact) mass is 302 g/mol. The number of aromatic nitrogens is 4. The molecule has 0 spiro atoms. The van der Waals surface area contributed by atoms with E-state index < -0.39 is 0 Å². The molecule has 0 fully saturated rings. The van der Waals surface area contributed by atoms with Gasteiger partial charge < -0.3 is 5.11 Å². The fourth-order valence-corrected chi connectivity index (χ4v) is 1.37. The average molecular weight is 302 g/mol. The lowest BCUT2D eigenvalue weighted by molar-refractivity contribution is 0.275. The van der Waals surface area contributed by atoms with Gasteiger partial charge in [-0.2, -0.15) is 10.2 Å². The maximum absolute atomic E-state index is 8.78. The molecule has 6 heteroatoms. The van der Waals surface area contributed by atoms with Crippen LogP contribution in [0.3, 0.4) is 0 Å². The number of aliphatic hydroxyl groups excluding tert-OH is 1. The molecule has 0 atom stereocenters. The van der Waals surface area contributed by atoms with E-state index in [2.05, 4.69) is 37.9 Å². The second-order valence-electron chi connectivity index (χ2n) is 2.64. The summed E-state index contributed by atoms with van der Waals surface area (Å²) in [6.07, 6.45) is 3.59. The third-order valence-corrected chi connectivity index (χ3v) is 2.21.